The standard InChI is InChI=1S/C24H20IN3O2S/c1-14-6-4-5-7-21(14)28-23(30)20(22(29)26-24(28)31)13-17-12-15(2)27(16(17)3)19-10-8-18(25)9-11-19/h4-13H,1-3H3,(H,26,29,31)/b20-13+. The molecule has 0 radical (unpaired) electrons. The highest BCUT2D eigenvalue weighted by Crippen LogP contribution is 2.27. The van der Waals surface area contributed by atoms with Crippen LogP contribution >= 0.6 is 34.8 Å². The SMILES string of the molecule is Cc1ccccc1N1C(=O)/C(=C/c2cc(C)n(-c3ccc(I)cc3)c2C)C(=O)NC1=S. The number of hydrogen-bond donors (Lipinski definition) is 1. The molecule has 1 aliphatic heterocycles. The summed E-state index contributed by atoms with van der Waals surface area (Å²) >= 11 is 7.58. The summed E-state index contributed by atoms with van der Waals surface area (Å²) in [6.07, 6.45) is 1.65. The second kappa shape index (κ2) is 8.39. The van der Waals surface area contributed by atoms with Crippen LogP contribution in [0, 0.1) is 24.3 Å². The number of rotatable bonds is 3. The average Bonchev–Trinajstić information content (AvgIpc) is 3.00. The summed E-state index contributed by atoms with van der Waals surface area (Å²) < 4.78 is 3.26. The van der Waals surface area contributed by atoms with E-state index in [1.54, 1.807) is 6.08 Å². The van der Waals surface area contributed by atoms with E-state index in [9.17, 15) is 9.59 Å². The zero-order valence-electron chi connectivity index (χ0n) is 17.3. The van der Waals surface area contributed by atoms with Gasteiger partial charge in [-0.2, -0.15) is 0 Å². The summed E-state index contributed by atoms with van der Waals surface area (Å²) in [5.41, 5.74) is 5.41. The molecule has 3 aromatic rings. The number of halogens is 1. The zero-order chi connectivity index (χ0) is 22.3. The number of aromatic nitrogens is 1. The highest BCUT2D eigenvalue weighted by Gasteiger charge is 2.35. The van der Waals surface area contributed by atoms with Crippen molar-refractivity contribution >= 4 is 63.5 Å². The molecule has 0 bridgehead atoms. The van der Waals surface area contributed by atoms with Gasteiger partial charge in [0.15, 0.2) is 5.11 Å². The van der Waals surface area contributed by atoms with Gasteiger partial charge in [-0.3, -0.25) is 19.8 Å². The van der Waals surface area contributed by atoms with E-state index >= 15 is 0 Å². The first-order valence-corrected chi connectivity index (χ1v) is 11.2. The fourth-order valence-electron chi connectivity index (χ4n) is 3.77. The van der Waals surface area contributed by atoms with Gasteiger partial charge in [0.05, 0.1) is 5.69 Å². The molecule has 0 unspecified atom stereocenters. The molecule has 5 nitrogen and oxygen atoms in total. The normalized spacial score (nSPS) is 15.5. The van der Waals surface area contributed by atoms with Gasteiger partial charge in [0, 0.05) is 20.6 Å². The number of nitrogens with one attached hydrogen (secondary N) is 1. The molecule has 1 N–H and O–H groups in total. The molecule has 2 heterocycles. The maximum atomic E-state index is 13.3. The smallest absolute Gasteiger partial charge is 0.270 e. The largest absolute Gasteiger partial charge is 0.318 e. The van der Waals surface area contributed by atoms with E-state index in [0.717, 1.165) is 31.8 Å². The molecular weight excluding hydrogens is 521 g/mol. The molecule has 0 spiro atoms. The van der Waals surface area contributed by atoms with E-state index in [4.69, 9.17) is 12.2 Å². The van der Waals surface area contributed by atoms with E-state index in [1.807, 2.05) is 63.2 Å². The van der Waals surface area contributed by atoms with Crippen LogP contribution in [0.25, 0.3) is 11.8 Å². The van der Waals surface area contributed by atoms with Crippen molar-refractivity contribution in [2.24, 2.45) is 0 Å². The first-order valence-electron chi connectivity index (χ1n) is 9.70. The minimum absolute atomic E-state index is 0.0553. The van der Waals surface area contributed by atoms with Crippen molar-refractivity contribution < 1.29 is 9.59 Å². The molecule has 1 aromatic heterocycles. The Kier molecular flexibility index (Phi) is 5.81. The summed E-state index contributed by atoms with van der Waals surface area (Å²) in [6.45, 7) is 5.89. The lowest BCUT2D eigenvalue weighted by molar-refractivity contribution is -0.122. The van der Waals surface area contributed by atoms with E-state index in [0.29, 0.717) is 5.69 Å². The van der Waals surface area contributed by atoms with Gasteiger partial charge in [0.2, 0.25) is 0 Å². The molecule has 0 saturated carbocycles. The van der Waals surface area contributed by atoms with E-state index < -0.39 is 11.8 Å². The first kappa shape index (κ1) is 21.5. The fourth-order valence-corrected chi connectivity index (χ4v) is 4.40. The van der Waals surface area contributed by atoms with Gasteiger partial charge in [-0.1, -0.05) is 18.2 Å². The third-order valence-corrected chi connectivity index (χ3v) is 6.32. The maximum absolute atomic E-state index is 13.3. The second-order valence-electron chi connectivity index (χ2n) is 7.38. The van der Waals surface area contributed by atoms with Crippen molar-refractivity contribution in [2.45, 2.75) is 20.8 Å². The summed E-state index contributed by atoms with van der Waals surface area (Å²) in [5.74, 6) is -0.916. The molecule has 0 aliphatic carbocycles. The Hall–Kier alpha value is -2.78. The number of aryl methyl sites for hydroxylation is 2. The van der Waals surface area contributed by atoms with Crippen LogP contribution in [0.15, 0.2) is 60.2 Å². The number of hydrogen-bond acceptors (Lipinski definition) is 3. The Morgan fingerprint density at radius 1 is 1.00 bits per heavy atom. The number of thiocarbonyl (C=S) groups is 1. The Morgan fingerprint density at radius 2 is 1.68 bits per heavy atom. The Labute approximate surface area is 199 Å². The van der Waals surface area contributed by atoms with Gasteiger partial charge in [-0.05, 0) is 109 Å². The molecular formula is C24H20IN3O2S. The van der Waals surface area contributed by atoms with Crippen LogP contribution < -0.4 is 10.2 Å². The van der Waals surface area contributed by atoms with Crippen molar-refractivity contribution in [3.63, 3.8) is 0 Å². The highest BCUT2D eigenvalue weighted by atomic mass is 127. The van der Waals surface area contributed by atoms with Crippen molar-refractivity contribution in [1.82, 2.24) is 9.88 Å². The van der Waals surface area contributed by atoms with E-state index in [2.05, 4.69) is 44.6 Å². The van der Waals surface area contributed by atoms with Crippen molar-refractivity contribution in [3.8, 4) is 5.69 Å². The minimum atomic E-state index is -0.487. The summed E-state index contributed by atoms with van der Waals surface area (Å²) in [7, 11) is 0. The van der Waals surface area contributed by atoms with Gasteiger partial charge in [0.1, 0.15) is 5.57 Å². The average molecular weight is 541 g/mol. The number of para-hydroxylation sites is 1. The van der Waals surface area contributed by atoms with Gasteiger partial charge in [-0.25, -0.2) is 0 Å². The number of benzene rings is 2. The number of anilines is 1. The van der Waals surface area contributed by atoms with Crippen LogP contribution in [0.1, 0.15) is 22.5 Å². The molecule has 31 heavy (non-hydrogen) atoms. The fraction of sp³-hybridized carbons (Fsp3) is 0.125. The number of carbonyl (C=O) groups excluding carboxylic acids is 2. The molecule has 4 rings (SSSR count). The van der Waals surface area contributed by atoms with Crippen LogP contribution in [-0.2, 0) is 9.59 Å². The first-order chi connectivity index (χ1) is 14.8. The molecule has 0 atom stereocenters. The Bertz CT molecular complexity index is 1260. The van der Waals surface area contributed by atoms with Gasteiger partial charge >= 0.3 is 0 Å². The maximum Gasteiger partial charge on any atom is 0.270 e. The number of amides is 2. The topological polar surface area (TPSA) is 54.3 Å². The molecule has 2 amide bonds. The summed E-state index contributed by atoms with van der Waals surface area (Å²) in [6, 6.07) is 17.6. The van der Waals surface area contributed by atoms with Crippen LogP contribution in [0.4, 0.5) is 5.69 Å². The van der Waals surface area contributed by atoms with Gasteiger partial charge < -0.3 is 4.57 Å². The third kappa shape index (κ3) is 3.95. The molecule has 2 aromatic carbocycles. The molecule has 1 saturated heterocycles. The van der Waals surface area contributed by atoms with Crippen molar-refractivity contribution in [1.29, 1.82) is 0 Å². The number of nitrogens with zero attached hydrogens (tertiary/aromatic N) is 2. The van der Waals surface area contributed by atoms with Gasteiger partial charge in [-0.15, -0.1) is 0 Å². The van der Waals surface area contributed by atoms with E-state index in [-0.39, 0.29) is 10.7 Å². The van der Waals surface area contributed by atoms with Crippen LogP contribution in [0.5, 0.6) is 0 Å². The quantitative estimate of drug-likeness (QED) is 0.224. The Balaban J connectivity index is 1.77. The van der Waals surface area contributed by atoms with Crippen LogP contribution in [-0.4, -0.2) is 21.5 Å². The summed E-state index contributed by atoms with van der Waals surface area (Å²) in [5, 5.41) is 2.75. The third-order valence-electron chi connectivity index (χ3n) is 5.31. The van der Waals surface area contributed by atoms with E-state index in [1.165, 1.54) is 4.90 Å². The minimum Gasteiger partial charge on any atom is -0.318 e. The lowest BCUT2D eigenvalue weighted by Crippen LogP contribution is -2.54. The second-order valence-corrected chi connectivity index (χ2v) is 9.01. The predicted molar refractivity (Wildman–Crippen MR) is 135 cm³/mol. The summed E-state index contributed by atoms with van der Waals surface area (Å²) in [4.78, 5) is 27.4. The zero-order valence-corrected chi connectivity index (χ0v) is 20.2. The molecule has 1 fully saturated rings. The Morgan fingerprint density at radius 3 is 2.35 bits per heavy atom. The van der Waals surface area contributed by atoms with Crippen LogP contribution in [0.2, 0.25) is 0 Å². The number of carbonyl (C=O) groups is 2. The lowest BCUT2D eigenvalue weighted by Gasteiger charge is -2.30. The monoisotopic (exact) mass is 541 g/mol. The van der Waals surface area contributed by atoms with Crippen molar-refractivity contribution in [3.05, 3.63) is 86.3 Å². The molecule has 156 valence electrons. The predicted octanol–water partition coefficient (Wildman–Crippen LogP) is 4.84. The lowest BCUT2D eigenvalue weighted by atomic mass is 10.1. The van der Waals surface area contributed by atoms with Crippen LogP contribution in [0.3, 0.4) is 0 Å². The molecule has 1 aliphatic rings. The van der Waals surface area contributed by atoms with Crippen molar-refractivity contribution in [2.75, 3.05) is 4.90 Å². The molecule has 7 heteroatoms. The van der Waals surface area contributed by atoms with Gasteiger partial charge in [0.25, 0.3) is 11.8 Å². The highest BCUT2D eigenvalue weighted by molar-refractivity contribution is 14.1.